The number of nitrogens with one attached hydrogen (secondary N) is 1. The average Bonchev–Trinajstić information content (AvgIpc) is 3.16. The molecule has 2 aliphatic rings. The molecule has 0 saturated carbocycles. The molecule has 7 nitrogen and oxygen atoms in total. The van der Waals surface area contributed by atoms with Crippen molar-refractivity contribution < 1.29 is 19.5 Å². The van der Waals surface area contributed by atoms with E-state index in [2.05, 4.69) is 34.6 Å². The Kier molecular flexibility index (Phi) is 5.51. The zero-order valence-electron chi connectivity index (χ0n) is 18.1. The molecule has 0 bridgehead atoms. The molecule has 2 aliphatic heterocycles. The van der Waals surface area contributed by atoms with E-state index in [1.807, 2.05) is 41.3 Å². The molecule has 2 heterocycles. The molecular formula is C27H21N3O4. The van der Waals surface area contributed by atoms with Crippen LogP contribution in [0, 0.1) is 0 Å². The molecule has 7 heteroatoms. The second-order valence-electron chi connectivity index (χ2n) is 8.19. The van der Waals surface area contributed by atoms with Crippen LogP contribution in [-0.2, 0) is 27.3 Å². The van der Waals surface area contributed by atoms with E-state index in [0.717, 1.165) is 22.4 Å². The van der Waals surface area contributed by atoms with Gasteiger partial charge in [0.25, 0.3) is 0 Å². The summed E-state index contributed by atoms with van der Waals surface area (Å²) in [5.41, 5.74) is 6.10. The van der Waals surface area contributed by atoms with E-state index < -0.39 is 11.9 Å². The van der Waals surface area contributed by atoms with E-state index in [1.165, 1.54) is 6.21 Å². The molecule has 0 radical (unpaired) electrons. The number of aliphatic imine (C=N–C) groups is 1. The van der Waals surface area contributed by atoms with Gasteiger partial charge in [-0.2, -0.15) is 0 Å². The lowest BCUT2D eigenvalue weighted by Gasteiger charge is -2.23. The topological polar surface area (TPSA) is 99.1 Å². The number of anilines is 2. The van der Waals surface area contributed by atoms with Gasteiger partial charge in [-0.3, -0.25) is 19.4 Å². The van der Waals surface area contributed by atoms with Crippen molar-refractivity contribution in [3.63, 3.8) is 0 Å². The molecule has 1 amide bonds. The average molecular weight is 451 g/mol. The number of fused-ring (bicyclic) bond motifs is 3. The summed E-state index contributed by atoms with van der Waals surface area (Å²) in [6, 6.07) is 21.8. The summed E-state index contributed by atoms with van der Waals surface area (Å²) in [4.78, 5) is 41.9. The van der Waals surface area contributed by atoms with Crippen molar-refractivity contribution >= 4 is 35.8 Å². The molecule has 0 fully saturated rings. The number of aliphatic carboxylic acids is 1. The van der Waals surface area contributed by atoms with Gasteiger partial charge in [0.1, 0.15) is 0 Å². The van der Waals surface area contributed by atoms with Crippen molar-refractivity contribution in [1.82, 2.24) is 0 Å². The van der Waals surface area contributed by atoms with Gasteiger partial charge in [0.05, 0.1) is 29.9 Å². The third-order valence-corrected chi connectivity index (χ3v) is 6.11. The van der Waals surface area contributed by atoms with Gasteiger partial charge in [0, 0.05) is 24.0 Å². The number of carboxylic acid groups (broad SMARTS) is 1. The van der Waals surface area contributed by atoms with Crippen LogP contribution < -0.4 is 10.2 Å². The third kappa shape index (κ3) is 3.77. The minimum Gasteiger partial charge on any atom is -0.481 e. The van der Waals surface area contributed by atoms with E-state index in [0.29, 0.717) is 35.5 Å². The van der Waals surface area contributed by atoms with Crippen LogP contribution in [0.15, 0.2) is 83.6 Å². The molecule has 168 valence electrons. The van der Waals surface area contributed by atoms with Crippen LogP contribution in [0.25, 0.3) is 11.1 Å². The lowest BCUT2D eigenvalue weighted by Crippen LogP contribution is -2.24. The molecule has 1 unspecified atom stereocenters. The van der Waals surface area contributed by atoms with E-state index in [4.69, 9.17) is 0 Å². The summed E-state index contributed by atoms with van der Waals surface area (Å²) in [7, 11) is 0. The molecule has 0 aliphatic carbocycles. The highest BCUT2D eigenvalue weighted by Crippen LogP contribution is 2.50. The van der Waals surface area contributed by atoms with Crippen molar-refractivity contribution in [1.29, 1.82) is 0 Å². The van der Waals surface area contributed by atoms with Gasteiger partial charge in [-0.15, -0.1) is 0 Å². The Balaban J connectivity index is 1.60. The highest BCUT2D eigenvalue weighted by Gasteiger charge is 2.41. The number of rotatable bonds is 7. The second-order valence-corrected chi connectivity index (χ2v) is 8.19. The molecule has 2 N–H and O–H groups in total. The predicted molar refractivity (Wildman–Crippen MR) is 130 cm³/mol. The maximum atomic E-state index is 12.9. The van der Waals surface area contributed by atoms with E-state index in [-0.39, 0.29) is 12.2 Å². The van der Waals surface area contributed by atoms with E-state index in [9.17, 15) is 19.5 Å². The Labute approximate surface area is 196 Å². The Morgan fingerprint density at radius 1 is 1.06 bits per heavy atom. The predicted octanol–water partition coefficient (Wildman–Crippen LogP) is 4.15. The first-order chi connectivity index (χ1) is 16.6. The van der Waals surface area contributed by atoms with Crippen molar-refractivity contribution in [3.05, 3.63) is 95.3 Å². The lowest BCUT2D eigenvalue weighted by atomic mass is 9.90. The lowest BCUT2D eigenvalue weighted by molar-refractivity contribution is -0.136. The number of ketones is 1. The molecule has 0 spiro atoms. The molecule has 5 rings (SSSR count). The Morgan fingerprint density at radius 3 is 2.62 bits per heavy atom. The van der Waals surface area contributed by atoms with Gasteiger partial charge in [0.15, 0.2) is 5.78 Å². The van der Waals surface area contributed by atoms with Crippen molar-refractivity contribution in [2.75, 3.05) is 10.2 Å². The monoisotopic (exact) mass is 451 g/mol. The van der Waals surface area contributed by atoms with Crippen molar-refractivity contribution in [2.45, 2.75) is 18.9 Å². The minimum atomic E-state index is -1.02. The van der Waals surface area contributed by atoms with E-state index >= 15 is 0 Å². The number of nitrogens with zero attached hydrogens (tertiary/aromatic N) is 2. The molecule has 34 heavy (non-hydrogen) atoms. The Hall–Kier alpha value is -4.52. The summed E-state index contributed by atoms with van der Waals surface area (Å²) < 4.78 is 0. The van der Waals surface area contributed by atoms with Crippen LogP contribution in [0.1, 0.15) is 22.6 Å². The number of amides is 1. The molecular weight excluding hydrogens is 430 g/mol. The largest absolute Gasteiger partial charge is 0.481 e. The zero-order valence-corrected chi connectivity index (χ0v) is 18.1. The van der Waals surface area contributed by atoms with Crippen LogP contribution in [-0.4, -0.2) is 29.5 Å². The van der Waals surface area contributed by atoms with Crippen LogP contribution in [0.2, 0.25) is 0 Å². The highest BCUT2D eigenvalue weighted by molar-refractivity contribution is 6.33. The number of carboxylic acids is 1. The molecule has 3 aromatic rings. The summed E-state index contributed by atoms with van der Waals surface area (Å²) in [6.45, 7) is 0.484. The van der Waals surface area contributed by atoms with Gasteiger partial charge >= 0.3 is 5.97 Å². The van der Waals surface area contributed by atoms with Gasteiger partial charge in [0.2, 0.25) is 6.41 Å². The Morgan fingerprint density at radius 2 is 1.85 bits per heavy atom. The first-order valence-corrected chi connectivity index (χ1v) is 10.8. The summed E-state index contributed by atoms with van der Waals surface area (Å²) in [5.74, 6) is -1.88. The minimum absolute atomic E-state index is 0.208. The molecule has 3 aromatic carbocycles. The number of Topliss-reactive ketones (excluding diaryl/α,β-unsaturated/α-hetero) is 1. The zero-order chi connectivity index (χ0) is 23.7. The van der Waals surface area contributed by atoms with Crippen LogP contribution in [0.3, 0.4) is 0 Å². The number of carbonyl (C=O) groups is 3. The fourth-order valence-electron chi connectivity index (χ4n) is 4.70. The molecule has 0 aromatic heterocycles. The first-order valence-electron chi connectivity index (χ1n) is 10.8. The number of allylic oxidation sites excluding steroid dienone is 1. The highest BCUT2D eigenvalue weighted by atomic mass is 16.4. The molecule has 0 saturated heterocycles. The first kappa shape index (κ1) is 21.3. The maximum Gasteiger partial charge on any atom is 0.307 e. The van der Waals surface area contributed by atoms with Crippen molar-refractivity contribution in [2.24, 2.45) is 4.99 Å². The third-order valence-electron chi connectivity index (χ3n) is 6.11. The molecule has 1 atom stereocenters. The number of hydrogen-bond acceptors (Lipinski definition) is 5. The fourth-order valence-corrected chi connectivity index (χ4v) is 4.70. The SMILES string of the molecule is O=CNc1c(CC(=O)O)ccc2c1C1C(=O)C=NC=C1N2Cc1cccc(-c2ccccc2)c1. The Bertz CT molecular complexity index is 1360. The number of benzene rings is 3. The van der Waals surface area contributed by atoms with Crippen LogP contribution in [0.4, 0.5) is 11.4 Å². The number of carbonyl (C=O) groups excluding carboxylic acids is 2. The summed E-state index contributed by atoms with van der Waals surface area (Å²) in [6.07, 6.45) is 3.18. The van der Waals surface area contributed by atoms with Crippen LogP contribution in [0.5, 0.6) is 0 Å². The van der Waals surface area contributed by atoms with Gasteiger partial charge in [-0.25, -0.2) is 0 Å². The smallest absolute Gasteiger partial charge is 0.307 e. The van der Waals surface area contributed by atoms with Crippen molar-refractivity contribution in [3.8, 4) is 11.1 Å². The summed E-state index contributed by atoms with van der Waals surface area (Å²) >= 11 is 0. The van der Waals surface area contributed by atoms with Crippen LogP contribution >= 0.6 is 0 Å². The maximum absolute atomic E-state index is 12.9. The van der Waals surface area contributed by atoms with Gasteiger partial charge in [-0.05, 0) is 34.4 Å². The standard InChI is InChI=1S/C27H21N3O4/c31-16-29-27-20(12-24(33)34)9-10-21-26(27)25-22(13-28-14-23(25)32)30(21)15-17-5-4-8-19(11-17)18-6-2-1-3-7-18/h1-11,13-14,16,25H,12,15H2,(H,29,31)(H,33,34). The fraction of sp³-hybridized carbons (Fsp3) is 0.111. The summed E-state index contributed by atoms with van der Waals surface area (Å²) in [5, 5.41) is 12.0. The normalized spacial score (nSPS) is 16.0. The number of hydrogen-bond donors (Lipinski definition) is 2. The van der Waals surface area contributed by atoms with Gasteiger partial charge in [-0.1, -0.05) is 54.6 Å². The quantitative estimate of drug-likeness (QED) is 0.526. The van der Waals surface area contributed by atoms with Gasteiger partial charge < -0.3 is 15.3 Å². The van der Waals surface area contributed by atoms with E-state index in [1.54, 1.807) is 12.3 Å². The second kappa shape index (κ2) is 8.78.